The molecule has 0 aliphatic heterocycles. The summed E-state index contributed by atoms with van der Waals surface area (Å²) in [5.74, 6) is -0.249. The third-order valence-electron chi connectivity index (χ3n) is 2.68. The van der Waals surface area contributed by atoms with Gasteiger partial charge in [-0.15, -0.1) is 0 Å². The topological polar surface area (TPSA) is 21.3 Å². The molecule has 0 fully saturated rings. The molecule has 1 unspecified atom stereocenters. The summed E-state index contributed by atoms with van der Waals surface area (Å²) >= 11 is 3.23. The number of benzene rings is 1. The Kier molecular flexibility index (Phi) is 4.95. The van der Waals surface area contributed by atoms with E-state index in [1.165, 1.54) is 6.07 Å². The maximum Gasteiger partial charge on any atom is 0.147 e. The molecule has 0 heterocycles. The molecule has 0 saturated heterocycles. The minimum atomic E-state index is -0.249. The van der Waals surface area contributed by atoms with E-state index in [1.807, 2.05) is 26.8 Å². The summed E-state index contributed by atoms with van der Waals surface area (Å²) in [4.78, 5) is 0. The summed E-state index contributed by atoms with van der Waals surface area (Å²) in [6.07, 6.45) is 0.805. The van der Waals surface area contributed by atoms with E-state index in [1.54, 1.807) is 13.2 Å². The first-order chi connectivity index (χ1) is 7.84. The molecule has 4 heteroatoms. The lowest BCUT2D eigenvalue weighted by molar-refractivity contribution is 0.0128. The van der Waals surface area contributed by atoms with E-state index in [9.17, 15) is 4.39 Å². The number of anilines is 1. The van der Waals surface area contributed by atoms with Crippen molar-refractivity contribution in [3.8, 4) is 0 Å². The zero-order valence-corrected chi connectivity index (χ0v) is 12.3. The second-order valence-electron chi connectivity index (χ2n) is 4.84. The molecule has 1 rings (SSSR count). The van der Waals surface area contributed by atoms with Gasteiger partial charge in [0, 0.05) is 17.6 Å². The summed E-state index contributed by atoms with van der Waals surface area (Å²) in [6, 6.07) is 5.15. The molecular formula is C13H19BrFNO. The molecule has 96 valence electrons. The van der Waals surface area contributed by atoms with Crippen molar-refractivity contribution in [2.45, 2.75) is 38.8 Å². The summed E-state index contributed by atoms with van der Waals surface area (Å²) < 4.78 is 19.7. The summed E-state index contributed by atoms with van der Waals surface area (Å²) in [5.41, 5.74) is 0.311. The predicted molar refractivity (Wildman–Crippen MR) is 72.9 cm³/mol. The van der Waals surface area contributed by atoms with Gasteiger partial charge in [0.25, 0.3) is 0 Å². The molecule has 0 amide bonds. The van der Waals surface area contributed by atoms with Crippen LogP contribution in [0.3, 0.4) is 0 Å². The van der Waals surface area contributed by atoms with Crippen LogP contribution in [0.25, 0.3) is 0 Å². The van der Waals surface area contributed by atoms with Gasteiger partial charge < -0.3 is 10.1 Å². The Morgan fingerprint density at radius 3 is 2.65 bits per heavy atom. The molecular weight excluding hydrogens is 285 g/mol. The standard InChI is InChI=1S/C13H19BrFNO/c1-9(8-13(2,3)17-4)16-12-6-5-10(14)7-11(12)15/h5-7,9,16H,8H2,1-4H3. The average molecular weight is 304 g/mol. The summed E-state index contributed by atoms with van der Waals surface area (Å²) in [7, 11) is 1.69. The molecule has 0 spiro atoms. The number of nitrogens with one attached hydrogen (secondary N) is 1. The normalized spacial score (nSPS) is 13.5. The van der Waals surface area contributed by atoms with Crippen LogP contribution in [-0.2, 0) is 4.74 Å². The van der Waals surface area contributed by atoms with E-state index in [4.69, 9.17) is 4.74 Å². The maximum absolute atomic E-state index is 13.6. The fraction of sp³-hybridized carbons (Fsp3) is 0.538. The molecule has 0 bridgehead atoms. The number of hydrogen-bond acceptors (Lipinski definition) is 2. The number of ether oxygens (including phenoxy) is 1. The van der Waals surface area contributed by atoms with Crippen LogP contribution in [0.15, 0.2) is 22.7 Å². The zero-order valence-electron chi connectivity index (χ0n) is 10.7. The van der Waals surface area contributed by atoms with Crippen LogP contribution in [0, 0.1) is 5.82 Å². The smallest absolute Gasteiger partial charge is 0.147 e. The Balaban J connectivity index is 2.65. The van der Waals surface area contributed by atoms with Gasteiger partial charge >= 0.3 is 0 Å². The van der Waals surface area contributed by atoms with E-state index < -0.39 is 0 Å². The molecule has 0 aliphatic rings. The first kappa shape index (κ1) is 14.5. The van der Waals surface area contributed by atoms with Crippen molar-refractivity contribution in [1.82, 2.24) is 0 Å². The second kappa shape index (κ2) is 5.83. The Morgan fingerprint density at radius 1 is 1.47 bits per heavy atom. The highest BCUT2D eigenvalue weighted by Gasteiger charge is 2.20. The third-order valence-corrected chi connectivity index (χ3v) is 3.18. The number of rotatable bonds is 5. The van der Waals surface area contributed by atoms with Crippen molar-refractivity contribution in [1.29, 1.82) is 0 Å². The molecule has 17 heavy (non-hydrogen) atoms. The Labute approximate surface area is 111 Å². The fourth-order valence-electron chi connectivity index (χ4n) is 1.74. The van der Waals surface area contributed by atoms with Gasteiger partial charge in [-0.1, -0.05) is 15.9 Å². The molecule has 0 saturated carbocycles. The molecule has 1 aromatic carbocycles. The average Bonchev–Trinajstić information content (AvgIpc) is 2.21. The molecule has 2 nitrogen and oxygen atoms in total. The molecule has 0 radical (unpaired) electrons. The van der Waals surface area contributed by atoms with E-state index in [0.29, 0.717) is 5.69 Å². The molecule has 0 aromatic heterocycles. The molecule has 1 atom stereocenters. The van der Waals surface area contributed by atoms with Gasteiger partial charge in [-0.2, -0.15) is 0 Å². The van der Waals surface area contributed by atoms with Crippen LogP contribution < -0.4 is 5.32 Å². The van der Waals surface area contributed by atoms with E-state index >= 15 is 0 Å². The highest BCUT2D eigenvalue weighted by molar-refractivity contribution is 9.10. The lowest BCUT2D eigenvalue weighted by Gasteiger charge is -2.27. The predicted octanol–water partition coefficient (Wildman–Crippen LogP) is 4.20. The van der Waals surface area contributed by atoms with Crippen LogP contribution in [-0.4, -0.2) is 18.8 Å². The van der Waals surface area contributed by atoms with Crippen LogP contribution in [0.2, 0.25) is 0 Å². The van der Waals surface area contributed by atoms with Crippen molar-refractivity contribution >= 4 is 21.6 Å². The van der Waals surface area contributed by atoms with Crippen molar-refractivity contribution in [3.63, 3.8) is 0 Å². The highest BCUT2D eigenvalue weighted by atomic mass is 79.9. The largest absolute Gasteiger partial charge is 0.380 e. The van der Waals surface area contributed by atoms with Gasteiger partial charge in [-0.05, 0) is 45.4 Å². The summed E-state index contributed by atoms with van der Waals surface area (Å²) in [6.45, 7) is 6.05. The minimum absolute atomic E-state index is 0.139. The first-order valence-corrected chi connectivity index (χ1v) is 6.40. The molecule has 1 aromatic rings. The fourth-order valence-corrected chi connectivity index (χ4v) is 2.08. The van der Waals surface area contributed by atoms with Crippen LogP contribution >= 0.6 is 15.9 Å². The van der Waals surface area contributed by atoms with Gasteiger partial charge in [-0.25, -0.2) is 4.39 Å². The van der Waals surface area contributed by atoms with E-state index in [-0.39, 0.29) is 17.5 Å². The SMILES string of the molecule is COC(C)(C)CC(C)Nc1ccc(Br)cc1F. The molecule has 1 N–H and O–H groups in total. The number of methoxy groups -OCH3 is 1. The van der Waals surface area contributed by atoms with Crippen LogP contribution in [0.1, 0.15) is 27.2 Å². The van der Waals surface area contributed by atoms with Gasteiger partial charge in [0.15, 0.2) is 0 Å². The highest BCUT2D eigenvalue weighted by Crippen LogP contribution is 2.22. The monoisotopic (exact) mass is 303 g/mol. The van der Waals surface area contributed by atoms with Crippen LogP contribution in [0.4, 0.5) is 10.1 Å². The number of halogens is 2. The Morgan fingerprint density at radius 2 is 2.12 bits per heavy atom. The van der Waals surface area contributed by atoms with E-state index in [0.717, 1.165) is 10.9 Å². The lowest BCUT2D eigenvalue weighted by atomic mass is 9.99. The Hall–Kier alpha value is -0.610. The Bertz CT molecular complexity index is 382. The van der Waals surface area contributed by atoms with Crippen molar-refractivity contribution in [3.05, 3.63) is 28.5 Å². The lowest BCUT2D eigenvalue weighted by Crippen LogP contribution is -2.31. The second-order valence-corrected chi connectivity index (χ2v) is 5.75. The maximum atomic E-state index is 13.6. The van der Waals surface area contributed by atoms with Crippen molar-refractivity contribution < 1.29 is 9.13 Å². The number of hydrogen-bond donors (Lipinski definition) is 1. The zero-order chi connectivity index (χ0) is 13.1. The van der Waals surface area contributed by atoms with Gasteiger partial charge in [0.05, 0.1) is 11.3 Å². The minimum Gasteiger partial charge on any atom is -0.380 e. The quantitative estimate of drug-likeness (QED) is 0.880. The first-order valence-electron chi connectivity index (χ1n) is 5.61. The van der Waals surface area contributed by atoms with Gasteiger partial charge in [0.1, 0.15) is 5.82 Å². The van der Waals surface area contributed by atoms with Gasteiger partial charge in [0.2, 0.25) is 0 Å². The van der Waals surface area contributed by atoms with Crippen molar-refractivity contribution in [2.75, 3.05) is 12.4 Å². The van der Waals surface area contributed by atoms with Gasteiger partial charge in [-0.3, -0.25) is 0 Å². The van der Waals surface area contributed by atoms with Crippen LogP contribution in [0.5, 0.6) is 0 Å². The van der Waals surface area contributed by atoms with E-state index in [2.05, 4.69) is 21.2 Å². The summed E-state index contributed by atoms with van der Waals surface area (Å²) in [5, 5.41) is 3.15. The third kappa shape index (κ3) is 4.64. The molecule has 0 aliphatic carbocycles. The van der Waals surface area contributed by atoms with Crippen molar-refractivity contribution in [2.24, 2.45) is 0 Å².